The molecule has 0 radical (unpaired) electrons. The summed E-state index contributed by atoms with van der Waals surface area (Å²) in [4.78, 5) is 0. The van der Waals surface area contributed by atoms with E-state index in [0.29, 0.717) is 37.3 Å². The van der Waals surface area contributed by atoms with Crippen molar-refractivity contribution in [2.45, 2.75) is 43.8 Å². The molecule has 0 spiro atoms. The second-order valence-corrected chi connectivity index (χ2v) is 8.97. The van der Waals surface area contributed by atoms with E-state index in [1.807, 2.05) is 0 Å². The second-order valence-electron chi connectivity index (χ2n) is 6.92. The minimum absolute atomic E-state index is 0.273. The Morgan fingerprint density at radius 1 is 1.27 bits per heavy atom. The predicted octanol–water partition coefficient (Wildman–Crippen LogP) is 2.19. The fourth-order valence-electron chi connectivity index (χ4n) is 3.83. The third kappa shape index (κ3) is 3.07. The van der Waals surface area contributed by atoms with Gasteiger partial charge in [-0.15, -0.1) is 0 Å². The van der Waals surface area contributed by atoms with Gasteiger partial charge < -0.3 is 5.32 Å². The van der Waals surface area contributed by atoms with Gasteiger partial charge in [0.2, 0.25) is 10.0 Å². The van der Waals surface area contributed by atoms with Gasteiger partial charge in [-0.1, -0.05) is 38.1 Å². The summed E-state index contributed by atoms with van der Waals surface area (Å²) in [5.74, 6) is 1.42. The molecule has 1 saturated heterocycles. The van der Waals surface area contributed by atoms with Crippen molar-refractivity contribution in [1.29, 1.82) is 0 Å². The maximum Gasteiger partial charge on any atom is 0.215 e. The molecule has 1 heterocycles. The van der Waals surface area contributed by atoms with Crippen LogP contribution in [0.4, 0.5) is 0 Å². The smallest absolute Gasteiger partial charge is 0.215 e. The average Bonchev–Trinajstić information content (AvgIpc) is 3.14. The van der Waals surface area contributed by atoms with Gasteiger partial charge in [0.25, 0.3) is 0 Å². The van der Waals surface area contributed by atoms with Gasteiger partial charge in [-0.25, -0.2) is 13.1 Å². The highest BCUT2D eigenvalue weighted by atomic mass is 32.2. The van der Waals surface area contributed by atoms with Gasteiger partial charge >= 0.3 is 0 Å². The zero-order chi connectivity index (χ0) is 15.7. The summed E-state index contributed by atoms with van der Waals surface area (Å²) in [6.45, 7) is 6.40. The van der Waals surface area contributed by atoms with E-state index in [9.17, 15) is 8.42 Å². The topological polar surface area (TPSA) is 58.2 Å². The fraction of sp³-hybridized carbons (Fsp3) is 0.647. The van der Waals surface area contributed by atoms with E-state index in [4.69, 9.17) is 0 Å². The van der Waals surface area contributed by atoms with Crippen molar-refractivity contribution in [3.05, 3.63) is 35.4 Å². The highest BCUT2D eigenvalue weighted by molar-refractivity contribution is 7.90. The zero-order valence-electron chi connectivity index (χ0n) is 13.4. The van der Waals surface area contributed by atoms with E-state index in [0.717, 1.165) is 13.0 Å². The summed E-state index contributed by atoms with van der Waals surface area (Å²) < 4.78 is 27.6. The van der Waals surface area contributed by atoms with Gasteiger partial charge in [0.15, 0.2) is 0 Å². The van der Waals surface area contributed by atoms with Gasteiger partial charge in [-0.2, -0.15) is 0 Å². The van der Waals surface area contributed by atoms with Crippen LogP contribution >= 0.6 is 0 Å². The van der Waals surface area contributed by atoms with Crippen LogP contribution < -0.4 is 10.0 Å². The first-order valence-electron chi connectivity index (χ1n) is 8.27. The van der Waals surface area contributed by atoms with Crippen LogP contribution in [0.2, 0.25) is 0 Å². The molecule has 3 atom stereocenters. The summed E-state index contributed by atoms with van der Waals surface area (Å²) >= 11 is 0. The molecule has 0 amide bonds. The lowest BCUT2D eigenvalue weighted by molar-refractivity contribution is 0.462. The van der Waals surface area contributed by atoms with Gasteiger partial charge in [0.1, 0.15) is 0 Å². The molecule has 4 nitrogen and oxygen atoms in total. The van der Waals surface area contributed by atoms with Crippen molar-refractivity contribution >= 4 is 10.0 Å². The molecule has 2 N–H and O–H groups in total. The third-order valence-corrected chi connectivity index (χ3v) is 7.01. The summed E-state index contributed by atoms with van der Waals surface area (Å²) in [6.07, 6.45) is 1.76. The van der Waals surface area contributed by atoms with Crippen molar-refractivity contribution in [3.8, 4) is 0 Å². The molecule has 5 heteroatoms. The molecular formula is C17H26N2O2S. The number of rotatable bonds is 5. The lowest BCUT2D eigenvalue weighted by Gasteiger charge is -2.17. The molecule has 2 aliphatic rings. The molecule has 0 saturated carbocycles. The Hall–Kier alpha value is -0.910. The van der Waals surface area contributed by atoms with Crippen molar-refractivity contribution in [2.24, 2.45) is 5.92 Å². The minimum Gasteiger partial charge on any atom is -0.315 e. The molecule has 122 valence electrons. The average molecular weight is 322 g/mol. The zero-order valence-corrected chi connectivity index (χ0v) is 14.2. The molecule has 22 heavy (non-hydrogen) atoms. The first-order chi connectivity index (χ1) is 10.5. The molecule has 1 unspecified atom stereocenters. The minimum atomic E-state index is -3.20. The van der Waals surface area contributed by atoms with Crippen LogP contribution in [0.25, 0.3) is 0 Å². The lowest BCUT2D eigenvalue weighted by Crippen LogP contribution is -2.37. The van der Waals surface area contributed by atoms with E-state index in [1.54, 1.807) is 0 Å². The predicted molar refractivity (Wildman–Crippen MR) is 89.6 cm³/mol. The van der Waals surface area contributed by atoms with Crippen LogP contribution in [0, 0.1) is 5.92 Å². The maximum absolute atomic E-state index is 12.4. The molecule has 1 aromatic carbocycles. The number of nitrogens with one attached hydrogen (secondary N) is 2. The van der Waals surface area contributed by atoms with Crippen molar-refractivity contribution in [1.82, 2.24) is 10.0 Å². The van der Waals surface area contributed by atoms with Crippen molar-refractivity contribution in [2.75, 3.05) is 19.6 Å². The number of sulfonamides is 1. The van der Waals surface area contributed by atoms with Crippen LogP contribution in [0.15, 0.2) is 24.3 Å². The van der Waals surface area contributed by atoms with Crippen LogP contribution in [0.1, 0.15) is 49.7 Å². The largest absolute Gasteiger partial charge is 0.315 e. The third-order valence-electron chi connectivity index (χ3n) is 5.16. The summed E-state index contributed by atoms with van der Waals surface area (Å²) in [5, 5.41) is 2.85. The molecule has 0 aromatic heterocycles. The van der Waals surface area contributed by atoms with Crippen LogP contribution in [0.3, 0.4) is 0 Å². The van der Waals surface area contributed by atoms with E-state index in [2.05, 4.69) is 48.2 Å². The lowest BCUT2D eigenvalue weighted by atomic mass is 9.90. The van der Waals surface area contributed by atoms with Crippen molar-refractivity contribution in [3.63, 3.8) is 0 Å². The molecule has 0 bridgehead atoms. The normalized spacial score (nSPS) is 28.2. The molecule has 1 aliphatic carbocycles. The van der Waals surface area contributed by atoms with Crippen LogP contribution in [-0.2, 0) is 10.0 Å². The monoisotopic (exact) mass is 322 g/mol. The van der Waals surface area contributed by atoms with Crippen LogP contribution in [0.5, 0.6) is 0 Å². The molecular weight excluding hydrogens is 296 g/mol. The number of hydrogen-bond acceptors (Lipinski definition) is 3. The number of hydrogen-bond donors (Lipinski definition) is 2. The van der Waals surface area contributed by atoms with Gasteiger partial charge in [-0.05, 0) is 48.3 Å². The maximum atomic E-state index is 12.4. The summed E-state index contributed by atoms with van der Waals surface area (Å²) in [5.41, 5.74) is 2.73. The van der Waals surface area contributed by atoms with Crippen LogP contribution in [-0.4, -0.2) is 33.3 Å². The van der Waals surface area contributed by atoms with Gasteiger partial charge in [0.05, 0.1) is 5.25 Å². The fourth-order valence-corrected chi connectivity index (χ4v) is 5.27. The Bertz CT molecular complexity index is 621. The quantitative estimate of drug-likeness (QED) is 0.874. The Balaban J connectivity index is 1.71. The Morgan fingerprint density at radius 2 is 2.00 bits per heavy atom. The van der Waals surface area contributed by atoms with E-state index >= 15 is 0 Å². The SMILES string of the molecule is CC(C)[C@@H]1C[C@H](CNS(=O)(=O)C2CCNC2)c2ccccc21. The first-order valence-corrected chi connectivity index (χ1v) is 9.81. The molecule has 1 aromatic rings. The summed E-state index contributed by atoms with van der Waals surface area (Å²) in [6, 6.07) is 8.51. The number of benzene rings is 1. The molecule has 1 fully saturated rings. The Labute approximate surface area is 133 Å². The highest BCUT2D eigenvalue weighted by Crippen LogP contribution is 2.44. The van der Waals surface area contributed by atoms with E-state index in [-0.39, 0.29) is 5.25 Å². The number of fused-ring (bicyclic) bond motifs is 1. The molecule has 3 rings (SSSR count). The van der Waals surface area contributed by atoms with Gasteiger partial charge in [-0.3, -0.25) is 0 Å². The van der Waals surface area contributed by atoms with Crippen molar-refractivity contribution < 1.29 is 8.42 Å². The summed E-state index contributed by atoms with van der Waals surface area (Å²) in [7, 11) is -3.20. The first kappa shape index (κ1) is 16.0. The molecule has 1 aliphatic heterocycles. The van der Waals surface area contributed by atoms with E-state index in [1.165, 1.54) is 11.1 Å². The Morgan fingerprint density at radius 3 is 2.64 bits per heavy atom. The highest BCUT2D eigenvalue weighted by Gasteiger charge is 2.34. The second kappa shape index (κ2) is 6.30. The Kier molecular flexibility index (Phi) is 4.57. The standard InChI is InChI=1S/C17H26N2O2S/c1-12(2)17-9-13(15-5-3-4-6-16(15)17)10-19-22(20,21)14-7-8-18-11-14/h3-6,12-14,17-19H,7-11H2,1-2H3/t13-,14?,17+/m1/s1. The van der Waals surface area contributed by atoms with E-state index < -0.39 is 10.0 Å². The van der Waals surface area contributed by atoms with Gasteiger partial charge in [0, 0.05) is 13.1 Å².